The molecule has 0 bridgehead atoms. The van der Waals surface area contributed by atoms with E-state index in [1.54, 1.807) is 0 Å². The average Bonchev–Trinajstić information content (AvgIpc) is 1.90. The van der Waals surface area contributed by atoms with Crippen molar-refractivity contribution in [2.24, 2.45) is 5.73 Å². The summed E-state index contributed by atoms with van der Waals surface area (Å²) in [5, 5.41) is 8.49. The molecule has 0 aromatic carbocycles. The zero-order valence-corrected chi connectivity index (χ0v) is 5.51. The Morgan fingerprint density at radius 2 is 2.00 bits per heavy atom. The topological polar surface area (TPSA) is 49.8 Å². The maximum absolute atomic E-state index is 8.49. The molecule has 0 aromatic rings. The van der Waals surface area contributed by atoms with Gasteiger partial charge in [0, 0.05) is 12.0 Å². The second kappa shape index (κ2) is 2.88. The summed E-state index contributed by atoms with van der Waals surface area (Å²) in [6.07, 6.45) is 4.10. The third-order valence-corrected chi connectivity index (χ3v) is 1.95. The van der Waals surface area contributed by atoms with Crippen molar-refractivity contribution in [3.05, 3.63) is 0 Å². The van der Waals surface area contributed by atoms with E-state index >= 15 is 0 Å². The Hall–Kier alpha value is -0.485. The van der Waals surface area contributed by atoms with Gasteiger partial charge in [0.1, 0.15) is 0 Å². The summed E-state index contributed by atoms with van der Waals surface area (Å²) in [5.74, 6) is 2.27. The van der Waals surface area contributed by atoms with Gasteiger partial charge in [-0.1, -0.05) is 12.6 Å². The van der Waals surface area contributed by atoms with Crippen LogP contribution in [0.3, 0.4) is 0 Å². The SMILES string of the molecule is N#CB1CCC(N)CC1. The molecule has 0 radical (unpaired) electrons. The van der Waals surface area contributed by atoms with Gasteiger partial charge in [-0.05, 0) is 12.8 Å². The predicted octanol–water partition coefficient (Wildman–Crippen LogP) is 0.665. The van der Waals surface area contributed by atoms with Gasteiger partial charge in [-0.3, -0.25) is 0 Å². The molecule has 0 saturated carbocycles. The summed E-state index contributed by atoms with van der Waals surface area (Å²) in [7, 11) is 0. The Labute approximate surface area is 56.1 Å². The summed E-state index contributed by atoms with van der Waals surface area (Å²) in [6.45, 7) is 0.296. The molecule has 2 N–H and O–H groups in total. The van der Waals surface area contributed by atoms with Crippen LogP contribution >= 0.6 is 0 Å². The van der Waals surface area contributed by atoms with Crippen LogP contribution in [-0.4, -0.2) is 12.8 Å². The Morgan fingerprint density at radius 3 is 2.44 bits per heavy atom. The van der Waals surface area contributed by atoms with E-state index in [9.17, 15) is 0 Å². The molecule has 0 aliphatic carbocycles. The number of rotatable bonds is 0. The van der Waals surface area contributed by atoms with Gasteiger partial charge in [0.15, 0.2) is 0 Å². The van der Waals surface area contributed by atoms with Crippen molar-refractivity contribution in [1.29, 1.82) is 5.26 Å². The van der Waals surface area contributed by atoms with E-state index in [0.29, 0.717) is 12.8 Å². The third-order valence-electron chi connectivity index (χ3n) is 1.95. The smallest absolute Gasteiger partial charge is 0.267 e. The van der Waals surface area contributed by atoms with E-state index in [2.05, 4.69) is 5.97 Å². The van der Waals surface area contributed by atoms with Crippen LogP contribution in [0.5, 0.6) is 0 Å². The second-order valence-corrected chi connectivity index (χ2v) is 2.74. The van der Waals surface area contributed by atoms with Gasteiger partial charge in [0.25, 0.3) is 6.71 Å². The highest BCUT2D eigenvalue weighted by Crippen LogP contribution is 2.16. The van der Waals surface area contributed by atoms with Crippen molar-refractivity contribution in [3.63, 3.8) is 0 Å². The van der Waals surface area contributed by atoms with Crippen molar-refractivity contribution in [1.82, 2.24) is 0 Å². The molecule has 0 spiro atoms. The van der Waals surface area contributed by atoms with E-state index in [1.165, 1.54) is 0 Å². The van der Waals surface area contributed by atoms with E-state index in [0.717, 1.165) is 25.5 Å². The lowest BCUT2D eigenvalue weighted by Crippen LogP contribution is -2.29. The van der Waals surface area contributed by atoms with Crippen molar-refractivity contribution < 1.29 is 0 Å². The highest BCUT2D eigenvalue weighted by Gasteiger charge is 2.21. The zero-order valence-electron chi connectivity index (χ0n) is 5.51. The fourth-order valence-corrected chi connectivity index (χ4v) is 1.25. The Balaban J connectivity index is 2.28. The number of nitrogens with two attached hydrogens (primary N) is 1. The molecular formula is C6H11BN2. The number of nitrogens with zero attached hydrogens (tertiary/aromatic N) is 1. The minimum Gasteiger partial charge on any atom is -0.328 e. The molecule has 1 fully saturated rings. The first-order chi connectivity index (χ1) is 4.33. The maximum Gasteiger partial charge on any atom is 0.267 e. The highest BCUT2D eigenvalue weighted by molar-refractivity contribution is 6.67. The molecule has 0 amide bonds. The molecule has 9 heavy (non-hydrogen) atoms. The van der Waals surface area contributed by atoms with Crippen molar-refractivity contribution >= 4 is 6.71 Å². The lowest BCUT2D eigenvalue weighted by molar-refractivity contribution is 0.601. The summed E-state index contributed by atoms with van der Waals surface area (Å²) < 4.78 is 0. The quantitative estimate of drug-likeness (QED) is 0.480. The minimum atomic E-state index is 0.296. The average molecular weight is 122 g/mol. The monoisotopic (exact) mass is 122 g/mol. The van der Waals surface area contributed by atoms with Crippen LogP contribution in [0.25, 0.3) is 0 Å². The van der Waals surface area contributed by atoms with Gasteiger partial charge in [-0.25, -0.2) is 5.26 Å². The summed E-state index contributed by atoms with van der Waals surface area (Å²) >= 11 is 0. The minimum absolute atomic E-state index is 0.296. The Morgan fingerprint density at radius 1 is 1.44 bits per heavy atom. The van der Waals surface area contributed by atoms with E-state index in [4.69, 9.17) is 11.0 Å². The molecule has 1 heterocycles. The highest BCUT2D eigenvalue weighted by atomic mass is 14.6. The third kappa shape index (κ3) is 1.72. The second-order valence-electron chi connectivity index (χ2n) is 2.74. The molecule has 3 heteroatoms. The fraction of sp³-hybridized carbons (Fsp3) is 0.833. The predicted molar refractivity (Wildman–Crippen MR) is 38.2 cm³/mol. The van der Waals surface area contributed by atoms with Gasteiger partial charge in [-0.15, -0.1) is 0 Å². The molecular weight excluding hydrogens is 111 g/mol. The standard InChI is InChI=1S/C6H11BN2/c8-5-7-3-1-6(9)2-4-7/h6H,1-4,9H2. The van der Waals surface area contributed by atoms with Gasteiger partial charge < -0.3 is 5.73 Å². The summed E-state index contributed by atoms with van der Waals surface area (Å²) in [5.41, 5.74) is 5.64. The van der Waals surface area contributed by atoms with Gasteiger partial charge in [-0.2, -0.15) is 0 Å². The molecule has 1 rings (SSSR count). The van der Waals surface area contributed by atoms with Gasteiger partial charge >= 0.3 is 0 Å². The first-order valence-corrected chi connectivity index (χ1v) is 3.48. The first kappa shape index (κ1) is 6.63. The van der Waals surface area contributed by atoms with E-state index < -0.39 is 0 Å². The maximum atomic E-state index is 8.49. The normalized spacial score (nSPS) is 21.6. The van der Waals surface area contributed by atoms with Crippen LogP contribution < -0.4 is 5.73 Å². The van der Waals surface area contributed by atoms with Gasteiger partial charge in [0.05, 0.1) is 0 Å². The van der Waals surface area contributed by atoms with Crippen molar-refractivity contribution in [2.45, 2.75) is 31.5 Å². The zero-order chi connectivity index (χ0) is 6.69. The lowest BCUT2D eigenvalue weighted by Gasteiger charge is -2.18. The van der Waals surface area contributed by atoms with E-state index in [-0.39, 0.29) is 0 Å². The Bertz CT molecular complexity index is 122. The lowest BCUT2D eigenvalue weighted by atomic mass is 9.42. The molecule has 2 nitrogen and oxygen atoms in total. The molecule has 1 aliphatic rings. The fourth-order valence-electron chi connectivity index (χ4n) is 1.25. The Kier molecular flexibility index (Phi) is 2.13. The van der Waals surface area contributed by atoms with Crippen LogP contribution in [0.2, 0.25) is 12.6 Å². The van der Waals surface area contributed by atoms with Crippen LogP contribution in [0.4, 0.5) is 0 Å². The van der Waals surface area contributed by atoms with Crippen LogP contribution in [-0.2, 0) is 0 Å². The summed E-state index contributed by atoms with van der Waals surface area (Å²) in [6, 6.07) is 0.370. The number of hydrogen-bond acceptors (Lipinski definition) is 2. The molecule has 1 saturated heterocycles. The molecule has 0 aromatic heterocycles. The first-order valence-electron chi connectivity index (χ1n) is 3.48. The molecule has 0 atom stereocenters. The largest absolute Gasteiger partial charge is 0.328 e. The number of hydrogen-bond donors (Lipinski definition) is 1. The van der Waals surface area contributed by atoms with Crippen molar-refractivity contribution in [2.75, 3.05) is 0 Å². The molecule has 1 aliphatic heterocycles. The molecule has 0 unspecified atom stereocenters. The van der Waals surface area contributed by atoms with Crippen LogP contribution in [0.15, 0.2) is 0 Å². The van der Waals surface area contributed by atoms with Gasteiger partial charge in [0.2, 0.25) is 0 Å². The van der Waals surface area contributed by atoms with E-state index in [1.807, 2.05) is 0 Å². The number of nitriles is 1. The van der Waals surface area contributed by atoms with Crippen LogP contribution in [0, 0.1) is 11.2 Å². The molecule has 48 valence electrons. The van der Waals surface area contributed by atoms with Crippen molar-refractivity contribution in [3.8, 4) is 5.97 Å². The van der Waals surface area contributed by atoms with Crippen LogP contribution in [0.1, 0.15) is 12.8 Å². The summed E-state index contributed by atoms with van der Waals surface area (Å²) in [4.78, 5) is 0.